The summed E-state index contributed by atoms with van der Waals surface area (Å²) in [5.74, 6) is -2.93. The first-order chi connectivity index (χ1) is 9.08. The quantitative estimate of drug-likeness (QED) is 0.898. The first-order valence-corrected chi connectivity index (χ1v) is 5.70. The van der Waals surface area contributed by atoms with E-state index >= 15 is 0 Å². The van der Waals surface area contributed by atoms with Gasteiger partial charge in [0.25, 0.3) is 5.82 Å². The van der Waals surface area contributed by atoms with Crippen LogP contribution in [-0.4, -0.2) is 25.8 Å². The molecule has 0 radical (unpaired) electrons. The predicted octanol–water partition coefficient (Wildman–Crippen LogP) is 1.79. The van der Waals surface area contributed by atoms with Crippen LogP contribution in [0.1, 0.15) is 34.5 Å². The summed E-state index contributed by atoms with van der Waals surface area (Å²) < 4.78 is 28.4. The van der Waals surface area contributed by atoms with Crippen LogP contribution in [0.4, 0.5) is 8.78 Å². The standard InChI is InChI=1S/C12H9F2N3O2/c13-7-3-1-2-6(10(7)14)8-4-5-9-15-11(12(18)19)16-17(8)9/h1-3,8H,4-5H2,(H,18,19). The Balaban J connectivity index is 2.06. The molecule has 2 aromatic rings. The Bertz CT molecular complexity index is 669. The van der Waals surface area contributed by atoms with Gasteiger partial charge in [-0.05, 0) is 12.5 Å². The molecule has 1 N–H and O–H groups in total. The van der Waals surface area contributed by atoms with Gasteiger partial charge in [-0.25, -0.2) is 23.2 Å². The first kappa shape index (κ1) is 11.8. The Morgan fingerprint density at radius 2 is 2.21 bits per heavy atom. The second kappa shape index (κ2) is 4.11. The van der Waals surface area contributed by atoms with E-state index < -0.39 is 23.6 Å². The number of hydrogen-bond acceptors (Lipinski definition) is 3. The Morgan fingerprint density at radius 3 is 2.95 bits per heavy atom. The van der Waals surface area contributed by atoms with Gasteiger partial charge in [-0.1, -0.05) is 12.1 Å². The number of aromatic carboxylic acids is 1. The van der Waals surface area contributed by atoms with Gasteiger partial charge in [0.05, 0.1) is 6.04 Å². The minimum atomic E-state index is -1.24. The summed E-state index contributed by atoms with van der Waals surface area (Å²) in [5, 5.41) is 12.7. The zero-order valence-electron chi connectivity index (χ0n) is 9.68. The normalized spacial score (nSPS) is 17.5. The lowest BCUT2D eigenvalue weighted by molar-refractivity contribution is 0.0683. The highest BCUT2D eigenvalue weighted by atomic mass is 19.2. The third-order valence-electron chi connectivity index (χ3n) is 3.17. The maximum Gasteiger partial charge on any atom is 0.375 e. The molecule has 1 aliphatic rings. The average molecular weight is 265 g/mol. The zero-order chi connectivity index (χ0) is 13.6. The van der Waals surface area contributed by atoms with E-state index in [9.17, 15) is 13.6 Å². The van der Waals surface area contributed by atoms with E-state index in [-0.39, 0.29) is 11.4 Å². The molecule has 0 spiro atoms. The molecule has 0 fully saturated rings. The van der Waals surface area contributed by atoms with Crippen LogP contribution in [-0.2, 0) is 6.42 Å². The summed E-state index contributed by atoms with van der Waals surface area (Å²) in [5.41, 5.74) is 0.167. The third kappa shape index (κ3) is 1.78. The lowest BCUT2D eigenvalue weighted by Gasteiger charge is -2.12. The Hall–Kier alpha value is -2.31. The maximum absolute atomic E-state index is 13.8. The predicted molar refractivity (Wildman–Crippen MR) is 59.8 cm³/mol. The van der Waals surface area contributed by atoms with Gasteiger partial charge in [-0.2, -0.15) is 0 Å². The fourth-order valence-corrected chi connectivity index (χ4v) is 2.32. The van der Waals surface area contributed by atoms with Crippen LogP contribution < -0.4 is 0 Å². The summed E-state index contributed by atoms with van der Waals surface area (Å²) in [6.07, 6.45) is 1.01. The number of rotatable bonds is 2. The molecule has 5 nitrogen and oxygen atoms in total. The summed E-state index contributed by atoms with van der Waals surface area (Å²) >= 11 is 0. The maximum atomic E-state index is 13.8. The van der Waals surface area contributed by atoms with E-state index in [1.807, 2.05) is 0 Å². The molecule has 0 amide bonds. The van der Waals surface area contributed by atoms with Crippen LogP contribution in [0.25, 0.3) is 0 Å². The minimum Gasteiger partial charge on any atom is -0.475 e. The fraction of sp³-hybridized carbons (Fsp3) is 0.250. The van der Waals surface area contributed by atoms with Crippen molar-refractivity contribution in [1.29, 1.82) is 0 Å². The Labute approximate surface area is 106 Å². The molecule has 1 aromatic carbocycles. The molecule has 1 unspecified atom stereocenters. The number of benzene rings is 1. The monoisotopic (exact) mass is 265 g/mol. The molecule has 0 saturated carbocycles. The molecule has 3 rings (SSSR count). The van der Waals surface area contributed by atoms with Gasteiger partial charge in [0.2, 0.25) is 0 Å². The molecule has 0 bridgehead atoms. The smallest absolute Gasteiger partial charge is 0.375 e. The van der Waals surface area contributed by atoms with Gasteiger partial charge in [0, 0.05) is 12.0 Å². The summed E-state index contributed by atoms with van der Waals surface area (Å²) in [4.78, 5) is 14.7. The summed E-state index contributed by atoms with van der Waals surface area (Å²) in [6.45, 7) is 0. The lowest BCUT2D eigenvalue weighted by atomic mass is 10.0. The van der Waals surface area contributed by atoms with Gasteiger partial charge in [-0.3, -0.25) is 0 Å². The largest absolute Gasteiger partial charge is 0.475 e. The van der Waals surface area contributed by atoms with Gasteiger partial charge in [0.15, 0.2) is 11.6 Å². The minimum absolute atomic E-state index is 0.167. The van der Waals surface area contributed by atoms with Crippen molar-refractivity contribution in [1.82, 2.24) is 14.8 Å². The van der Waals surface area contributed by atoms with Crippen molar-refractivity contribution < 1.29 is 18.7 Å². The topological polar surface area (TPSA) is 68.0 Å². The SMILES string of the molecule is O=C(O)c1nc2n(n1)C(c1cccc(F)c1F)CC2. The van der Waals surface area contributed by atoms with Crippen molar-refractivity contribution in [3.8, 4) is 0 Å². The number of fused-ring (bicyclic) bond motifs is 1. The van der Waals surface area contributed by atoms with E-state index in [1.165, 1.54) is 16.8 Å². The van der Waals surface area contributed by atoms with Crippen LogP contribution in [0, 0.1) is 11.6 Å². The van der Waals surface area contributed by atoms with Gasteiger partial charge in [0.1, 0.15) is 5.82 Å². The van der Waals surface area contributed by atoms with Crippen LogP contribution >= 0.6 is 0 Å². The van der Waals surface area contributed by atoms with Crippen LogP contribution in [0.15, 0.2) is 18.2 Å². The molecule has 0 saturated heterocycles. The highest BCUT2D eigenvalue weighted by Crippen LogP contribution is 2.32. The molecular weight excluding hydrogens is 256 g/mol. The van der Waals surface area contributed by atoms with Gasteiger partial charge in [-0.15, -0.1) is 5.10 Å². The van der Waals surface area contributed by atoms with Gasteiger partial charge < -0.3 is 5.11 Å². The second-order valence-electron chi connectivity index (χ2n) is 4.30. The lowest BCUT2D eigenvalue weighted by Crippen LogP contribution is -2.11. The molecule has 19 heavy (non-hydrogen) atoms. The molecule has 1 aliphatic heterocycles. The number of halogens is 2. The third-order valence-corrected chi connectivity index (χ3v) is 3.17. The number of aryl methyl sites for hydroxylation is 1. The van der Waals surface area contributed by atoms with Gasteiger partial charge >= 0.3 is 5.97 Å². The van der Waals surface area contributed by atoms with Crippen molar-refractivity contribution in [2.24, 2.45) is 0 Å². The molecule has 98 valence electrons. The summed E-state index contributed by atoms with van der Waals surface area (Å²) in [6, 6.07) is 3.42. The van der Waals surface area contributed by atoms with Crippen molar-refractivity contribution >= 4 is 5.97 Å². The van der Waals surface area contributed by atoms with E-state index in [1.54, 1.807) is 0 Å². The molecule has 1 aromatic heterocycles. The van der Waals surface area contributed by atoms with Crippen molar-refractivity contribution in [2.45, 2.75) is 18.9 Å². The molecule has 7 heteroatoms. The Morgan fingerprint density at radius 1 is 1.42 bits per heavy atom. The highest BCUT2D eigenvalue weighted by Gasteiger charge is 2.30. The number of carboxylic acid groups (broad SMARTS) is 1. The van der Waals surface area contributed by atoms with Crippen LogP contribution in [0.3, 0.4) is 0 Å². The van der Waals surface area contributed by atoms with Crippen molar-refractivity contribution in [3.63, 3.8) is 0 Å². The number of aromatic nitrogens is 3. The van der Waals surface area contributed by atoms with Crippen molar-refractivity contribution in [3.05, 3.63) is 47.0 Å². The van der Waals surface area contributed by atoms with E-state index in [0.29, 0.717) is 18.7 Å². The first-order valence-electron chi connectivity index (χ1n) is 5.70. The number of carboxylic acids is 1. The number of nitrogens with zero attached hydrogens (tertiary/aromatic N) is 3. The summed E-state index contributed by atoms with van der Waals surface area (Å²) in [7, 11) is 0. The number of hydrogen-bond donors (Lipinski definition) is 1. The van der Waals surface area contributed by atoms with Crippen LogP contribution in [0.5, 0.6) is 0 Å². The molecule has 0 aliphatic carbocycles. The second-order valence-corrected chi connectivity index (χ2v) is 4.30. The van der Waals surface area contributed by atoms with E-state index in [0.717, 1.165) is 6.07 Å². The average Bonchev–Trinajstić information content (AvgIpc) is 2.92. The Kier molecular flexibility index (Phi) is 2.55. The van der Waals surface area contributed by atoms with E-state index in [2.05, 4.69) is 10.1 Å². The number of carbonyl (C=O) groups is 1. The highest BCUT2D eigenvalue weighted by molar-refractivity contribution is 5.82. The van der Waals surface area contributed by atoms with Crippen molar-refractivity contribution in [2.75, 3.05) is 0 Å². The van der Waals surface area contributed by atoms with E-state index in [4.69, 9.17) is 5.11 Å². The zero-order valence-corrected chi connectivity index (χ0v) is 9.68. The molecular formula is C12H9F2N3O2. The van der Waals surface area contributed by atoms with Crippen LogP contribution in [0.2, 0.25) is 0 Å². The molecule has 1 atom stereocenters. The fourth-order valence-electron chi connectivity index (χ4n) is 2.32. The molecule has 2 heterocycles.